The molecule has 4 rings (SSSR count). The van der Waals surface area contributed by atoms with Crippen LogP contribution in [0.15, 0.2) is 0 Å². The van der Waals surface area contributed by atoms with Crippen molar-refractivity contribution in [2.75, 3.05) is 0 Å². The van der Waals surface area contributed by atoms with Crippen LogP contribution >= 0.6 is 0 Å². The molecular formula is C23H36O3. The molecule has 7 atom stereocenters. The number of Topliss-reactive ketones (excluding diaryl/α,β-unsaturated/α-hetero) is 1. The van der Waals surface area contributed by atoms with Gasteiger partial charge in [0.15, 0.2) is 0 Å². The van der Waals surface area contributed by atoms with Crippen molar-refractivity contribution in [3.05, 3.63) is 0 Å². The molecule has 4 saturated carbocycles. The molecule has 0 radical (unpaired) electrons. The number of hydrogen-bond donors (Lipinski definition) is 0. The third-order valence-corrected chi connectivity index (χ3v) is 9.52. The fourth-order valence-electron chi connectivity index (χ4n) is 7.87. The lowest BCUT2D eigenvalue weighted by atomic mass is 9.44. The third-order valence-electron chi connectivity index (χ3n) is 9.52. The van der Waals surface area contributed by atoms with Crippen LogP contribution < -0.4 is 0 Å². The van der Waals surface area contributed by atoms with Gasteiger partial charge in [-0.3, -0.25) is 9.59 Å². The lowest BCUT2D eigenvalue weighted by molar-refractivity contribution is -0.182. The Morgan fingerprint density at radius 1 is 1.08 bits per heavy atom. The SMILES string of the molecule is CC[C@]1(OC(C)=O)CC[C@]2(C)C3CC[C@]4(C)C(=O)CCC4C3CC[C@H]2C1. The molecule has 4 aliphatic carbocycles. The van der Waals surface area contributed by atoms with Crippen molar-refractivity contribution < 1.29 is 14.3 Å². The fraction of sp³-hybridized carbons (Fsp3) is 0.913. The van der Waals surface area contributed by atoms with Gasteiger partial charge in [0.05, 0.1) is 0 Å². The standard InChI is InChI=1S/C23H36O3/c1-5-23(26-15(2)24)13-12-21(3)16(14-23)6-7-17-18-8-9-20(25)22(18,4)11-10-19(17)21/h16-19H,5-14H2,1-4H3/t16-,17?,18?,19?,21-,22-,23-/m0/s1. The van der Waals surface area contributed by atoms with Crippen molar-refractivity contribution >= 4 is 11.8 Å². The molecule has 146 valence electrons. The summed E-state index contributed by atoms with van der Waals surface area (Å²) in [6, 6.07) is 0. The second kappa shape index (κ2) is 6.07. The molecule has 0 aromatic carbocycles. The van der Waals surface area contributed by atoms with Crippen LogP contribution in [-0.4, -0.2) is 17.4 Å². The van der Waals surface area contributed by atoms with Gasteiger partial charge in [-0.15, -0.1) is 0 Å². The highest BCUT2D eigenvalue weighted by molar-refractivity contribution is 5.87. The number of ether oxygens (including phenoxy) is 1. The van der Waals surface area contributed by atoms with Crippen molar-refractivity contribution in [3.63, 3.8) is 0 Å². The average Bonchev–Trinajstić information content (AvgIpc) is 2.90. The molecule has 0 aliphatic heterocycles. The van der Waals surface area contributed by atoms with Crippen molar-refractivity contribution in [1.29, 1.82) is 0 Å². The Hall–Kier alpha value is -0.860. The van der Waals surface area contributed by atoms with E-state index < -0.39 is 0 Å². The number of carbonyl (C=O) groups excluding carboxylic acids is 2. The van der Waals surface area contributed by atoms with Crippen molar-refractivity contribution in [3.8, 4) is 0 Å². The van der Waals surface area contributed by atoms with E-state index in [-0.39, 0.29) is 17.0 Å². The smallest absolute Gasteiger partial charge is 0.303 e. The first-order valence-electron chi connectivity index (χ1n) is 11.0. The molecule has 0 N–H and O–H groups in total. The summed E-state index contributed by atoms with van der Waals surface area (Å²) in [6.07, 6.45) is 11.0. The topological polar surface area (TPSA) is 43.4 Å². The van der Waals surface area contributed by atoms with Crippen molar-refractivity contribution in [1.82, 2.24) is 0 Å². The lowest BCUT2D eigenvalue weighted by Gasteiger charge is -2.61. The number of fused-ring (bicyclic) bond motifs is 5. The Bertz CT molecular complexity index is 613. The molecule has 3 heteroatoms. The maximum Gasteiger partial charge on any atom is 0.303 e. The second-order valence-corrected chi connectivity index (χ2v) is 10.4. The van der Waals surface area contributed by atoms with Crippen molar-refractivity contribution in [2.24, 2.45) is 34.5 Å². The van der Waals surface area contributed by atoms with Crippen LogP contribution in [0.25, 0.3) is 0 Å². The highest BCUT2D eigenvalue weighted by Crippen LogP contribution is 2.66. The quantitative estimate of drug-likeness (QED) is 0.627. The zero-order valence-corrected chi connectivity index (χ0v) is 17.1. The highest BCUT2D eigenvalue weighted by atomic mass is 16.6. The number of carbonyl (C=O) groups is 2. The molecule has 4 fully saturated rings. The van der Waals surface area contributed by atoms with E-state index in [1.165, 1.54) is 25.7 Å². The number of ketones is 1. The van der Waals surface area contributed by atoms with Gasteiger partial charge in [0.2, 0.25) is 0 Å². The van der Waals surface area contributed by atoms with Crippen LogP contribution in [0, 0.1) is 34.5 Å². The van der Waals surface area contributed by atoms with Crippen LogP contribution in [0.2, 0.25) is 0 Å². The van der Waals surface area contributed by atoms with E-state index in [2.05, 4.69) is 20.8 Å². The third kappa shape index (κ3) is 2.52. The second-order valence-electron chi connectivity index (χ2n) is 10.4. The van der Waals surface area contributed by atoms with Crippen LogP contribution in [0.1, 0.15) is 91.9 Å². The van der Waals surface area contributed by atoms with Crippen LogP contribution in [-0.2, 0) is 14.3 Å². The summed E-state index contributed by atoms with van der Waals surface area (Å²) in [7, 11) is 0. The van der Waals surface area contributed by atoms with Crippen LogP contribution in [0.4, 0.5) is 0 Å². The first kappa shape index (κ1) is 18.5. The predicted molar refractivity (Wildman–Crippen MR) is 102 cm³/mol. The summed E-state index contributed by atoms with van der Waals surface area (Å²) < 4.78 is 5.87. The molecule has 0 spiro atoms. The molecule has 4 aliphatic rings. The first-order chi connectivity index (χ1) is 12.2. The number of esters is 1. The number of hydrogen-bond acceptors (Lipinski definition) is 3. The van der Waals surface area contributed by atoms with Gasteiger partial charge in [-0.05, 0) is 86.9 Å². The Morgan fingerprint density at radius 2 is 1.85 bits per heavy atom. The molecule has 0 aromatic rings. The summed E-state index contributed by atoms with van der Waals surface area (Å²) >= 11 is 0. The van der Waals surface area contributed by atoms with Crippen LogP contribution in [0.3, 0.4) is 0 Å². The minimum absolute atomic E-state index is 0.0239. The van der Waals surface area contributed by atoms with Gasteiger partial charge in [-0.2, -0.15) is 0 Å². The normalized spacial score (nSPS) is 50.5. The monoisotopic (exact) mass is 360 g/mol. The number of rotatable bonds is 2. The summed E-state index contributed by atoms with van der Waals surface area (Å²) in [6.45, 7) is 8.52. The van der Waals surface area contributed by atoms with E-state index in [0.29, 0.717) is 23.0 Å². The zero-order chi connectivity index (χ0) is 18.7. The Morgan fingerprint density at radius 3 is 2.54 bits per heavy atom. The molecular weight excluding hydrogens is 324 g/mol. The predicted octanol–water partition coefficient (Wildman–Crippen LogP) is 5.31. The molecule has 3 nitrogen and oxygen atoms in total. The molecule has 26 heavy (non-hydrogen) atoms. The molecule has 0 amide bonds. The minimum atomic E-state index is -0.227. The van der Waals surface area contributed by atoms with Gasteiger partial charge in [0.25, 0.3) is 0 Å². The van der Waals surface area contributed by atoms with Gasteiger partial charge in [-0.1, -0.05) is 20.8 Å². The Balaban J connectivity index is 1.58. The average molecular weight is 361 g/mol. The maximum atomic E-state index is 12.5. The van der Waals surface area contributed by atoms with E-state index in [9.17, 15) is 9.59 Å². The summed E-state index contributed by atoms with van der Waals surface area (Å²) in [5.74, 6) is 3.21. The van der Waals surface area contributed by atoms with E-state index in [1.807, 2.05) is 0 Å². The lowest BCUT2D eigenvalue weighted by Crippen LogP contribution is -2.56. The summed E-state index contributed by atoms with van der Waals surface area (Å²) in [5.41, 5.74) is 0.119. The van der Waals surface area contributed by atoms with Gasteiger partial charge in [0, 0.05) is 18.8 Å². The minimum Gasteiger partial charge on any atom is -0.459 e. The molecule has 0 heterocycles. The van der Waals surface area contributed by atoms with E-state index in [4.69, 9.17) is 4.74 Å². The van der Waals surface area contributed by atoms with E-state index in [1.54, 1.807) is 6.92 Å². The van der Waals surface area contributed by atoms with Crippen LogP contribution in [0.5, 0.6) is 0 Å². The summed E-state index contributed by atoms with van der Waals surface area (Å²) in [4.78, 5) is 24.2. The first-order valence-corrected chi connectivity index (χ1v) is 11.0. The molecule has 0 saturated heterocycles. The largest absolute Gasteiger partial charge is 0.459 e. The summed E-state index contributed by atoms with van der Waals surface area (Å²) in [5, 5.41) is 0. The van der Waals surface area contributed by atoms with Crippen molar-refractivity contribution in [2.45, 2.75) is 97.5 Å². The highest BCUT2D eigenvalue weighted by Gasteiger charge is 2.61. The van der Waals surface area contributed by atoms with Gasteiger partial charge in [0.1, 0.15) is 11.4 Å². The van der Waals surface area contributed by atoms with Gasteiger partial charge >= 0.3 is 5.97 Å². The van der Waals surface area contributed by atoms with E-state index in [0.717, 1.165) is 50.4 Å². The molecule has 0 bridgehead atoms. The maximum absolute atomic E-state index is 12.5. The molecule has 3 unspecified atom stereocenters. The Labute approximate surface area is 158 Å². The van der Waals surface area contributed by atoms with Gasteiger partial charge in [-0.25, -0.2) is 0 Å². The Kier molecular flexibility index (Phi) is 4.32. The molecule has 0 aromatic heterocycles. The fourth-order valence-corrected chi connectivity index (χ4v) is 7.87. The van der Waals surface area contributed by atoms with E-state index >= 15 is 0 Å². The zero-order valence-electron chi connectivity index (χ0n) is 17.1. The van der Waals surface area contributed by atoms with Gasteiger partial charge < -0.3 is 4.74 Å².